The van der Waals surface area contributed by atoms with E-state index in [0.717, 1.165) is 0 Å². The van der Waals surface area contributed by atoms with Gasteiger partial charge in [0.15, 0.2) is 0 Å². The molecule has 0 saturated heterocycles. The lowest BCUT2D eigenvalue weighted by Gasteiger charge is -2.08. The third kappa shape index (κ3) is 3.76. The molecular formula is C13H20N2O3. The Kier molecular flexibility index (Phi) is 6.49. The van der Waals surface area contributed by atoms with Crippen LogP contribution in [0.2, 0.25) is 0 Å². The highest BCUT2D eigenvalue weighted by Crippen LogP contribution is 2.21. The van der Waals surface area contributed by atoms with Crippen LogP contribution in [0.5, 0.6) is 5.75 Å². The van der Waals surface area contributed by atoms with Gasteiger partial charge in [-0.05, 0) is 31.5 Å². The topological polar surface area (TPSA) is 92.4 Å². The van der Waals surface area contributed by atoms with Crippen LogP contribution in [-0.2, 0) is 0 Å². The molecule has 0 aliphatic carbocycles. The summed E-state index contributed by atoms with van der Waals surface area (Å²) in [5.74, 6) is -1.21. The number of benzene rings is 1. The summed E-state index contributed by atoms with van der Waals surface area (Å²) in [5.41, 5.74) is 5.99. The number of hydrogen-bond acceptors (Lipinski definition) is 3. The van der Waals surface area contributed by atoms with Crippen molar-refractivity contribution in [1.29, 1.82) is 0 Å². The van der Waals surface area contributed by atoms with Gasteiger partial charge in [0, 0.05) is 12.1 Å². The van der Waals surface area contributed by atoms with E-state index in [1.165, 1.54) is 12.1 Å². The van der Waals surface area contributed by atoms with Crippen LogP contribution in [0.25, 0.3) is 0 Å². The van der Waals surface area contributed by atoms with Crippen LogP contribution in [0.3, 0.4) is 0 Å². The average Bonchev–Trinajstić information content (AvgIpc) is 2.31. The van der Waals surface area contributed by atoms with E-state index in [9.17, 15) is 14.7 Å². The Morgan fingerprint density at radius 1 is 1.28 bits per heavy atom. The molecule has 0 atom stereocenters. The Morgan fingerprint density at radius 2 is 1.83 bits per heavy atom. The van der Waals surface area contributed by atoms with E-state index in [2.05, 4.69) is 5.32 Å². The first-order valence-electron chi connectivity index (χ1n) is 5.89. The number of primary amides is 1. The highest BCUT2D eigenvalue weighted by atomic mass is 16.3. The standard InChI is InChI=1S/C11H14N2O3.C2H6/c1-3-13-11(16)8-5-7(10(12)15)6(2)4-9(8)14;1-2/h4-5,14H,3H2,1-2H3,(H2,12,15)(H,13,16);1-2H3. The molecule has 0 aromatic heterocycles. The van der Waals surface area contributed by atoms with Crippen molar-refractivity contribution in [3.05, 3.63) is 28.8 Å². The highest BCUT2D eigenvalue weighted by molar-refractivity contribution is 6.01. The molecule has 1 rings (SSSR count). The molecule has 1 aromatic carbocycles. The summed E-state index contributed by atoms with van der Waals surface area (Å²) in [7, 11) is 0. The number of aromatic hydroxyl groups is 1. The molecule has 0 heterocycles. The molecule has 0 fully saturated rings. The highest BCUT2D eigenvalue weighted by Gasteiger charge is 2.15. The molecule has 100 valence electrons. The van der Waals surface area contributed by atoms with Crippen LogP contribution in [0.4, 0.5) is 0 Å². The lowest BCUT2D eigenvalue weighted by molar-refractivity contribution is 0.0953. The third-order valence-electron chi connectivity index (χ3n) is 2.19. The number of amides is 2. The van der Waals surface area contributed by atoms with Crippen LogP contribution >= 0.6 is 0 Å². The van der Waals surface area contributed by atoms with Gasteiger partial charge in [-0.3, -0.25) is 9.59 Å². The molecule has 2 amide bonds. The number of hydrogen-bond donors (Lipinski definition) is 3. The van der Waals surface area contributed by atoms with Gasteiger partial charge >= 0.3 is 0 Å². The second kappa shape index (κ2) is 7.32. The van der Waals surface area contributed by atoms with Crippen molar-refractivity contribution >= 4 is 11.8 Å². The first kappa shape index (κ1) is 16.0. The molecule has 18 heavy (non-hydrogen) atoms. The van der Waals surface area contributed by atoms with Gasteiger partial charge in [-0.15, -0.1) is 0 Å². The number of carbonyl (C=O) groups is 2. The van der Waals surface area contributed by atoms with Gasteiger partial charge in [0.25, 0.3) is 5.91 Å². The second-order valence-electron chi connectivity index (χ2n) is 3.41. The Morgan fingerprint density at radius 3 is 2.28 bits per heavy atom. The summed E-state index contributed by atoms with van der Waals surface area (Å²) in [4.78, 5) is 22.6. The van der Waals surface area contributed by atoms with E-state index >= 15 is 0 Å². The van der Waals surface area contributed by atoms with Crippen LogP contribution in [0, 0.1) is 6.92 Å². The summed E-state index contributed by atoms with van der Waals surface area (Å²) < 4.78 is 0. The predicted octanol–water partition coefficient (Wildman–Crippen LogP) is 1.58. The minimum Gasteiger partial charge on any atom is -0.507 e. The smallest absolute Gasteiger partial charge is 0.255 e. The Labute approximate surface area is 107 Å². The Hall–Kier alpha value is -2.04. The van der Waals surface area contributed by atoms with Crippen molar-refractivity contribution in [2.75, 3.05) is 6.54 Å². The number of rotatable bonds is 3. The predicted molar refractivity (Wildman–Crippen MR) is 70.7 cm³/mol. The van der Waals surface area contributed by atoms with Crippen molar-refractivity contribution in [3.8, 4) is 5.75 Å². The average molecular weight is 252 g/mol. The van der Waals surface area contributed by atoms with Gasteiger partial charge in [-0.2, -0.15) is 0 Å². The largest absolute Gasteiger partial charge is 0.507 e. The fourth-order valence-corrected chi connectivity index (χ4v) is 1.40. The summed E-state index contributed by atoms with van der Waals surface area (Å²) in [6.07, 6.45) is 0. The van der Waals surface area contributed by atoms with Crippen LogP contribution in [0.15, 0.2) is 12.1 Å². The molecular weight excluding hydrogens is 232 g/mol. The lowest BCUT2D eigenvalue weighted by Crippen LogP contribution is -2.23. The summed E-state index contributed by atoms with van der Waals surface area (Å²) in [6, 6.07) is 2.66. The number of nitrogens with two attached hydrogens (primary N) is 1. The van der Waals surface area contributed by atoms with Crippen LogP contribution < -0.4 is 11.1 Å². The van der Waals surface area contributed by atoms with Crippen LogP contribution in [-0.4, -0.2) is 23.5 Å². The minimum absolute atomic E-state index is 0.0567. The number of aryl methyl sites for hydroxylation is 1. The molecule has 0 aliphatic rings. The number of carbonyl (C=O) groups excluding carboxylic acids is 2. The molecule has 0 spiro atoms. The third-order valence-corrected chi connectivity index (χ3v) is 2.19. The van der Waals surface area contributed by atoms with Crippen molar-refractivity contribution in [2.45, 2.75) is 27.7 Å². The first-order chi connectivity index (χ1) is 8.47. The van der Waals surface area contributed by atoms with Gasteiger partial charge < -0.3 is 16.2 Å². The fraction of sp³-hybridized carbons (Fsp3) is 0.385. The fourth-order valence-electron chi connectivity index (χ4n) is 1.40. The van der Waals surface area contributed by atoms with E-state index in [-0.39, 0.29) is 16.9 Å². The van der Waals surface area contributed by atoms with Gasteiger partial charge in [0.1, 0.15) is 5.75 Å². The number of nitrogens with one attached hydrogen (secondary N) is 1. The van der Waals surface area contributed by atoms with Crippen molar-refractivity contribution in [1.82, 2.24) is 5.32 Å². The Balaban J connectivity index is 0.00000137. The molecule has 0 bridgehead atoms. The van der Waals surface area contributed by atoms with E-state index in [0.29, 0.717) is 12.1 Å². The van der Waals surface area contributed by atoms with E-state index in [1.54, 1.807) is 13.8 Å². The molecule has 5 heteroatoms. The maximum atomic E-state index is 11.5. The maximum Gasteiger partial charge on any atom is 0.255 e. The lowest BCUT2D eigenvalue weighted by atomic mass is 10.0. The number of phenolic OH excluding ortho intramolecular Hbond substituents is 1. The Bertz CT molecular complexity index is 442. The van der Waals surface area contributed by atoms with Gasteiger partial charge in [0.2, 0.25) is 5.91 Å². The summed E-state index contributed by atoms with van der Waals surface area (Å²) >= 11 is 0. The molecule has 0 saturated carbocycles. The molecule has 0 unspecified atom stereocenters. The van der Waals surface area contributed by atoms with E-state index in [1.807, 2.05) is 13.8 Å². The molecule has 5 nitrogen and oxygen atoms in total. The van der Waals surface area contributed by atoms with Crippen molar-refractivity contribution in [2.24, 2.45) is 5.73 Å². The van der Waals surface area contributed by atoms with Gasteiger partial charge in [-0.25, -0.2) is 0 Å². The van der Waals surface area contributed by atoms with Crippen molar-refractivity contribution < 1.29 is 14.7 Å². The molecule has 0 radical (unpaired) electrons. The van der Waals surface area contributed by atoms with Gasteiger partial charge in [0.05, 0.1) is 5.56 Å². The minimum atomic E-state index is -0.622. The zero-order chi connectivity index (χ0) is 14.3. The number of phenols is 1. The quantitative estimate of drug-likeness (QED) is 0.762. The normalized spacial score (nSPS) is 9.11. The van der Waals surface area contributed by atoms with Crippen molar-refractivity contribution in [3.63, 3.8) is 0 Å². The summed E-state index contributed by atoms with van der Waals surface area (Å²) in [5, 5.41) is 12.1. The summed E-state index contributed by atoms with van der Waals surface area (Å²) in [6.45, 7) is 7.84. The van der Waals surface area contributed by atoms with E-state index < -0.39 is 11.8 Å². The molecule has 1 aromatic rings. The zero-order valence-corrected chi connectivity index (χ0v) is 11.2. The van der Waals surface area contributed by atoms with Crippen LogP contribution in [0.1, 0.15) is 47.1 Å². The second-order valence-corrected chi connectivity index (χ2v) is 3.41. The maximum absolute atomic E-state index is 11.5. The monoisotopic (exact) mass is 252 g/mol. The SMILES string of the molecule is CC.CCNC(=O)c1cc(C(N)=O)c(C)cc1O. The van der Waals surface area contributed by atoms with E-state index in [4.69, 9.17) is 5.73 Å². The zero-order valence-electron chi connectivity index (χ0n) is 11.2. The molecule has 4 N–H and O–H groups in total. The van der Waals surface area contributed by atoms with Gasteiger partial charge in [-0.1, -0.05) is 13.8 Å². The first-order valence-corrected chi connectivity index (χ1v) is 5.89. The molecule has 0 aliphatic heterocycles.